The smallest absolute Gasteiger partial charge is 0.409 e. The average Bonchev–Trinajstić information content (AvgIpc) is 2.29. The van der Waals surface area contributed by atoms with Crippen molar-refractivity contribution in [3.63, 3.8) is 0 Å². The Kier molecular flexibility index (Phi) is 3.25. The normalized spacial score (nSPS) is 9.94. The Morgan fingerprint density at radius 3 is 2.65 bits per heavy atom. The van der Waals surface area contributed by atoms with Crippen molar-refractivity contribution in [1.29, 1.82) is 0 Å². The predicted octanol–water partition coefficient (Wildman–Crippen LogP) is 3.49. The van der Waals surface area contributed by atoms with Gasteiger partial charge in [0.2, 0.25) is 0 Å². The third-order valence-electron chi connectivity index (χ3n) is 2.14. The molecule has 0 atom stereocenters. The number of benzene rings is 1. The fourth-order valence-corrected chi connectivity index (χ4v) is 1.63. The van der Waals surface area contributed by atoms with Gasteiger partial charge in [0.15, 0.2) is 0 Å². The van der Waals surface area contributed by atoms with Crippen molar-refractivity contribution in [3.8, 4) is 11.3 Å². The molecule has 0 spiro atoms. The van der Waals surface area contributed by atoms with Crippen LogP contribution in [0.15, 0.2) is 42.6 Å². The second-order valence-corrected chi connectivity index (χ2v) is 3.78. The number of anilines is 1. The second kappa shape index (κ2) is 4.84. The van der Waals surface area contributed by atoms with Crippen molar-refractivity contribution in [2.45, 2.75) is 0 Å². The highest BCUT2D eigenvalue weighted by molar-refractivity contribution is 6.30. The number of aromatic nitrogens is 1. The Labute approximate surface area is 103 Å². The number of hydrogen-bond acceptors (Lipinski definition) is 2. The molecule has 2 rings (SSSR count). The van der Waals surface area contributed by atoms with Crippen LogP contribution in [0.5, 0.6) is 0 Å². The van der Waals surface area contributed by atoms with Gasteiger partial charge in [-0.15, -0.1) is 0 Å². The standard InChI is InChI=1S/C12H9ClN2O2/c13-9-6-10(15-12(16)17)11(14-7-9)8-4-2-1-3-5-8/h1-7,15H,(H,16,17). The van der Waals surface area contributed by atoms with Crippen LogP contribution < -0.4 is 5.32 Å². The summed E-state index contributed by atoms with van der Waals surface area (Å²) in [5.74, 6) is 0. The van der Waals surface area contributed by atoms with Crippen molar-refractivity contribution < 1.29 is 9.90 Å². The molecule has 5 heteroatoms. The SMILES string of the molecule is O=C(O)Nc1cc(Cl)cnc1-c1ccccc1. The molecule has 17 heavy (non-hydrogen) atoms. The summed E-state index contributed by atoms with van der Waals surface area (Å²) in [5.41, 5.74) is 1.75. The minimum atomic E-state index is -1.15. The molecule has 0 aliphatic heterocycles. The molecule has 0 unspecified atom stereocenters. The third kappa shape index (κ3) is 2.73. The van der Waals surface area contributed by atoms with E-state index >= 15 is 0 Å². The summed E-state index contributed by atoms with van der Waals surface area (Å²) < 4.78 is 0. The van der Waals surface area contributed by atoms with Gasteiger partial charge in [-0.3, -0.25) is 10.3 Å². The first kappa shape index (κ1) is 11.4. The lowest BCUT2D eigenvalue weighted by Crippen LogP contribution is -2.09. The molecular weight excluding hydrogens is 240 g/mol. The summed E-state index contributed by atoms with van der Waals surface area (Å²) >= 11 is 5.79. The maximum atomic E-state index is 10.7. The minimum absolute atomic E-state index is 0.371. The van der Waals surface area contributed by atoms with Gasteiger partial charge in [-0.25, -0.2) is 4.79 Å². The van der Waals surface area contributed by atoms with E-state index in [1.807, 2.05) is 30.3 Å². The van der Waals surface area contributed by atoms with Gasteiger partial charge in [0.05, 0.1) is 16.4 Å². The molecule has 4 nitrogen and oxygen atoms in total. The Morgan fingerprint density at radius 1 is 1.29 bits per heavy atom. The Balaban J connectivity index is 2.50. The zero-order valence-corrected chi connectivity index (χ0v) is 9.48. The van der Waals surface area contributed by atoms with Crippen LogP contribution in [-0.4, -0.2) is 16.2 Å². The lowest BCUT2D eigenvalue weighted by atomic mass is 10.1. The molecule has 0 bridgehead atoms. The number of carbonyl (C=O) groups is 1. The van der Waals surface area contributed by atoms with Crippen molar-refractivity contribution >= 4 is 23.4 Å². The first-order valence-electron chi connectivity index (χ1n) is 4.88. The number of pyridine rings is 1. The molecule has 2 aromatic rings. The Morgan fingerprint density at radius 2 is 2.00 bits per heavy atom. The summed E-state index contributed by atoms with van der Waals surface area (Å²) in [6, 6.07) is 10.8. The molecule has 2 N–H and O–H groups in total. The molecule has 1 heterocycles. The van der Waals surface area contributed by atoms with Crippen molar-refractivity contribution in [2.75, 3.05) is 5.32 Å². The summed E-state index contributed by atoms with van der Waals surface area (Å²) in [4.78, 5) is 14.8. The number of halogens is 1. The second-order valence-electron chi connectivity index (χ2n) is 3.35. The van der Waals surface area contributed by atoms with Crippen LogP contribution in [0, 0.1) is 0 Å². The first-order chi connectivity index (χ1) is 8.16. The highest BCUT2D eigenvalue weighted by Crippen LogP contribution is 2.27. The van der Waals surface area contributed by atoms with E-state index in [1.54, 1.807) is 0 Å². The van der Waals surface area contributed by atoms with E-state index in [4.69, 9.17) is 16.7 Å². The molecule has 0 aliphatic carbocycles. The minimum Gasteiger partial charge on any atom is -0.465 e. The number of amides is 1. The number of nitrogens with one attached hydrogen (secondary N) is 1. The van der Waals surface area contributed by atoms with Crippen LogP contribution in [0.4, 0.5) is 10.5 Å². The zero-order valence-electron chi connectivity index (χ0n) is 8.72. The van der Waals surface area contributed by atoms with E-state index < -0.39 is 6.09 Å². The van der Waals surface area contributed by atoms with Gasteiger partial charge < -0.3 is 5.11 Å². The van der Waals surface area contributed by atoms with Crippen LogP contribution in [0.25, 0.3) is 11.3 Å². The van der Waals surface area contributed by atoms with Gasteiger partial charge in [0.1, 0.15) is 0 Å². The van der Waals surface area contributed by atoms with Crippen LogP contribution in [0.3, 0.4) is 0 Å². The lowest BCUT2D eigenvalue weighted by Gasteiger charge is -2.08. The van der Waals surface area contributed by atoms with Crippen LogP contribution in [0.2, 0.25) is 5.02 Å². The molecule has 86 valence electrons. The van der Waals surface area contributed by atoms with E-state index in [0.29, 0.717) is 16.4 Å². The van der Waals surface area contributed by atoms with Gasteiger partial charge in [0, 0.05) is 11.8 Å². The number of rotatable bonds is 2. The molecule has 0 saturated carbocycles. The van der Waals surface area contributed by atoms with E-state index in [-0.39, 0.29) is 0 Å². The quantitative estimate of drug-likeness (QED) is 0.855. The molecular formula is C12H9ClN2O2. The third-order valence-corrected chi connectivity index (χ3v) is 2.35. The van der Waals surface area contributed by atoms with Gasteiger partial charge in [-0.2, -0.15) is 0 Å². The molecule has 0 aliphatic rings. The summed E-state index contributed by atoms with van der Waals surface area (Å²) in [5, 5.41) is 11.4. The predicted molar refractivity (Wildman–Crippen MR) is 66.3 cm³/mol. The molecule has 0 radical (unpaired) electrons. The molecule has 1 aromatic heterocycles. The van der Waals surface area contributed by atoms with Crippen LogP contribution >= 0.6 is 11.6 Å². The number of nitrogens with zero attached hydrogens (tertiary/aromatic N) is 1. The maximum Gasteiger partial charge on any atom is 0.409 e. The molecule has 1 amide bonds. The van der Waals surface area contributed by atoms with E-state index in [0.717, 1.165) is 5.56 Å². The van der Waals surface area contributed by atoms with Gasteiger partial charge in [-0.1, -0.05) is 41.9 Å². The van der Waals surface area contributed by atoms with Crippen molar-refractivity contribution in [1.82, 2.24) is 4.98 Å². The van der Waals surface area contributed by atoms with Crippen LogP contribution in [-0.2, 0) is 0 Å². The molecule has 1 aromatic carbocycles. The number of hydrogen-bond donors (Lipinski definition) is 2. The van der Waals surface area contributed by atoms with Gasteiger partial charge in [-0.05, 0) is 6.07 Å². The average molecular weight is 249 g/mol. The Bertz CT molecular complexity index is 543. The van der Waals surface area contributed by atoms with E-state index in [2.05, 4.69) is 10.3 Å². The first-order valence-corrected chi connectivity index (χ1v) is 5.25. The maximum absolute atomic E-state index is 10.7. The largest absolute Gasteiger partial charge is 0.465 e. The topological polar surface area (TPSA) is 62.2 Å². The fourth-order valence-electron chi connectivity index (χ4n) is 1.48. The molecule has 0 saturated heterocycles. The highest BCUT2D eigenvalue weighted by atomic mass is 35.5. The van der Waals surface area contributed by atoms with E-state index in [9.17, 15) is 4.79 Å². The number of carboxylic acid groups (broad SMARTS) is 1. The highest BCUT2D eigenvalue weighted by Gasteiger charge is 2.09. The fraction of sp³-hybridized carbons (Fsp3) is 0. The van der Waals surface area contributed by atoms with Gasteiger partial charge in [0.25, 0.3) is 0 Å². The lowest BCUT2D eigenvalue weighted by molar-refractivity contribution is 0.210. The van der Waals surface area contributed by atoms with Crippen molar-refractivity contribution in [2.24, 2.45) is 0 Å². The summed E-state index contributed by atoms with van der Waals surface area (Å²) in [7, 11) is 0. The summed E-state index contributed by atoms with van der Waals surface area (Å²) in [6.07, 6.45) is 0.336. The summed E-state index contributed by atoms with van der Waals surface area (Å²) in [6.45, 7) is 0. The Hall–Kier alpha value is -2.07. The zero-order chi connectivity index (χ0) is 12.3. The van der Waals surface area contributed by atoms with Crippen molar-refractivity contribution in [3.05, 3.63) is 47.6 Å². The monoisotopic (exact) mass is 248 g/mol. The molecule has 0 fully saturated rings. The van der Waals surface area contributed by atoms with Crippen LogP contribution in [0.1, 0.15) is 0 Å². The van der Waals surface area contributed by atoms with E-state index in [1.165, 1.54) is 12.3 Å². The van der Waals surface area contributed by atoms with Gasteiger partial charge >= 0.3 is 6.09 Å².